The highest BCUT2D eigenvalue weighted by Crippen LogP contribution is 2.32. The molecule has 34 heavy (non-hydrogen) atoms. The molecule has 1 aromatic carbocycles. The van der Waals surface area contributed by atoms with E-state index in [9.17, 15) is 40.3 Å². The number of urea groups is 1. The number of pyridine rings is 1. The molecule has 3 rings (SSSR count). The smallest absolute Gasteiger partial charge is 0.403 e. The van der Waals surface area contributed by atoms with Gasteiger partial charge in [0.15, 0.2) is 11.6 Å². The Morgan fingerprint density at radius 2 is 1.85 bits per heavy atom. The number of piperazine rings is 1. The second-order valence-corrected chi connectivity index (χ2v) is 7.26. The molecule has 0 aliphatic carbocycles. The normalized spacial score (nSPS) is 17.7. The summed E-state index contributed by atoms with van der Waals surface area (Å²) in [5.41, 5.74) is -1.41. The maximum absolute atomic E-state index is 13.9. The van der Waals surface area contributed by atoms with E-state index in [4.69, 9.17) is 0 Å². The van der Waals surface area contributed by atoms with Crippen LogP contribution in [0.5, 0.6) is 5.75 Å². The maximum Gasteiger partial charge on any atom is 0.573 e. The van der Waals surface area contributed by atoms with Crippen LogP contribution in [0.15, 0.2) is 36.5 Å². The molecule has 1 fully saturated rings. The molecule has 0 radical (unpaired) electrons. The van der Waals surface area contributed by atoms with Crippen LogP contribution in [0.1, 0.15) is 29.8 Å². The van der Waals surface area contributed by atoms with E-state index in [1.54, 1.807) is 0 Å². The molecule has 2 heterocycles. The third kappa shape index (κ3) is 5.85. The quantitative estimate of drug-likeness (QED) is 0.635. The summed E-state index contributed by atoms with van der Waals surface area (Å²) in [6, 6.07) is 0.890. The van der Waals surface area contributed by atoms with Crippen LogP contribution in [0.2, 0.25) is 0 Å². The minimum Gasteiger partial charge on any atom is -0.403 e. The topological polar surface area (TPSA) is 83.6 Å². The highest BCUT2D eigenvalue weighted by atomic mass is 19.4. The van der Waals surface area contributed by atoms with Crippen molar-refractivity contribution >= 4 is 11.9 Å². The average molecular weight is 494 g/mol. The number of halogens is 7. The molecule has 1 unspecified atom stereocenters. The average Bonchev–Trinajstić information content (AvgIpc) is 2.74. The molecule has 1 aliphatic heterocycles. The Morgan fingerprint density at radius 3 is 2.44 bits per heavy atom. The van der Waals surface area contributed by atoms with Crippen molar-refractivity contribution in [1.82, 2.24) is 20.5 Å². The lowest BCUT2D eigenvalue weighted by molar-refractivity contribution is -0.275. The van der Waals surface area contributed by atoms with E-state index < -0.39 is 53.8 Å². The molecule has 2 aromatic rings. The molecular formula is C20H17F7N4O3. The highest BCUT2D eigenvalue weighted by molar-refractivity contribution is 5.88. The summed E-state index contributed by atoms with van der Waals surface area (Å²) >= 11 is 0. The molecule has 1 saturated heterocycles. The zero-order valence-electron chi connectivity index (χ0n) is 17.3. The van der Waals surface area contributed by atoms with Gasteiger partial charge in [-0.15, -0.1) is 13.2 Å². The van der Waals surface area contributed by atoms with Gasteiger partial charge in [-0.3, -0.25) is 9.78 Å². The third-order valence-corrected chi connectivity index (χ3v) is 4.95. The summed E-state index contributed by atoms with van der Waals surface area (Å²) in [5.74, 6) is -3.00. The number of amides is 3. The second kappa shape index (κ2) is 9.35. The van der Waals surface area contributed by atoms with Crippen molar-refractivity contribution in [2.45, 2.75) is 31.5 Å². The van der Waals surface area contributed by atoms with Crippen LogP contribution in [-0.4, -0.2) is 47.3 Å². The summed E-state index contributed by atoms with van der Waals surface area (Å²) in [4.78, 5) is 29.2. The zero-order valence-corrected chi connectivity index (χ0v) is 17.3. The summed E-state index contributed by atoms with van der Waals surface area (Å²) in [6.07, 6.45) is -9.18. The van der Waals surface area contributed by atoms with Gasteiger partial charge in [0.2, 0.25) is 5.91 Å². The molecule has 1 aromatic heterocycles. The fourth-order valence-electron chi connectivity index (χ4n) is 3.27. The Balaban J connectivity index is 1.99. The Morgan fingerprint density at radius 1 is 1.18 bits per heavy atom. The minimum absolute atomic E-state index is 0.0416. The van der Waals surface area contributed by atoms with Crippen molar-refractivity contribution in [1.29, 1.82) is 0 Å². The molecule has 0 spiro atoms. The largest absolute Gasteiger partial charge is 0.573 e. The zero-order chi connectivity index (χ0) is 25.3. The monoisotopic (exact) mass is 494 g/mol. The molecule has 3 amide bonds. The molecule has 14 heteroatoms. The van der Waals surface area contributed by atoms with Crippen LogP contribution in [0.3, 0.4) is 0 Å². The fraction of sp³-hybridized carbons (Fsp3) is 0.350. The standard InChI is InChI=1S/C20H17F7N4O3/c1-10-17(32)28-6-7-31(10)18(33)30-16(12-3-5-15(29-9-12)19(22,23)24)11-2-4-13(21)14(8-11)34-20(25,26)27/h2-5,8-10,16H,6-7H2,1H3,(H,28,32)(H,30,33)/t10-,16?/m1/s1. The Kier molecular flexibility index (Phi) is 6.89. The number of carbonyl (C=O) groups is 2. The SMILES string of the molecule is C[C@@H]1C(=O)NCCN1C(=O)NC(c1ccc(C(F)(F)F)nc1)c1ccc(F)c(OC(F)(F)F)c1. The molecule has 2 atom stereocenters. The van der Waals surface area contributed by atoms with Gasteiger partial charge in [0.25, 0.3) is 0 Å². The second-order valence-electron chi connectivity index (χ2n) is 7.26. The third-order valence-electron chi connectivity index (χ3n) is 4.95. The number of nitrogens with zero attached hydrogens (tertiary/aromatic N) is 2. The summed E-state index contributed by atoms with van der Waals surface area (Å²) in [6.45, 7) is 1.68. The van der Waals surface area contributed by atoms with Gasteiger partial charge in [-0.25, -0.2) is 9.18 Å². The lowest BCUT2D eigenvalue weighted by Gasteiger charge is -2.34. The van der Waals surface area contributed by atoms with Crippen LogP contribution in [0, 0.1) is 5.82 Å². The van der Waals surface area contributed by atoms with Crippen LogP contribution >= 0.6 is 0 Å². The first-order valence-electron chi connectivity index (χ1n) is 9.69. The Hall–Kier alpha value is -3.58. The van der Waals surface area contributed by atoms with E-state index in [0.29, 0.717) is 18.2 Å². The number of rotatable bonds is 4. The van der Waals surface area contributed by atoms with Crippen LogP contribution in [0.25, 0.3) is 0 Å². The number of aromatic nitrogens is 1. The number of alkyl halides is 6. The van der Waals surface area contributed by atoms with Gasteiger partial charge in [-0.05, 0) is 36.2 Å². The highest BCUT2D eigenvalue weighted by Gasteiger charge is 2.35. The number of benzene rings is 1. The van der Waals surface area contributed by atoms with Crippen molar-refractivity contribution in [3.63, 3.8) is 0 Å². The molecule has 1 aliphatic rings. The van der Waals surface area contributed by atoms with E-state index in [-0.39, 0.29) is 24.2 Å². The van der Waals surface area contributed by atoms with Gasteiger partial charge in [-0.1, -0.05) is 12.1 Å². The number of nitrogens with one attached hydrogen (secondary N) is 2. The predicted molar refractivity (Wildman–Crippen MR) is 102 cm³/mol. The van der Waals surface area contributed by atoms with Crippen molar-refractivity contribution in [3.8, 4) is 5.75 Å². The molecule has 0 saturated carbocycles. The van der Waals surface area contributed by atoms with Crippen LogP contribution in [0.4, 0.5) is 35.5 Å². The fourth-order valence-corrected chi connectivity index (χ4v) is 3.27. The van der Waals surface area contributed by atoms with Crippen molar-refractivity contribution < 1.29 is 45.1 Å². The predicted octanol–water partition coefficient (Wildman–Crippen LogP) is 3.76. The number of hydrogen-bond donors (Lipinski definition) is 2. The first-order valence-corrected chi connectivity index (χ1v) is 9.69. The van der Waals surface area contributed by atoms with E-state index in [0.717, 1.165) is 23.2 Å². The maximum atomic E-state index is 13.9. The Bertz CT molecular complexity index is 1060. The lowest BCUT2D eigenvalue weighted by Crippen LogP contribution is -2.58. The van der Waals surface area contributed by atoms with Gasteiger partial charge in [0.1, 0.15) is 11.7 Å². The summed E-state index contributed by atoms with van der Waals surface area (Å²) in [7, 11) is 0. The van der Waals surface area contributed by atoms with Crippen molar-refractivity contribution in [2.24, 2.45) is 0 Å². The summed E-state index contributed by atoms with van der Waals surface area (Å²) < 4.78 is 94.2. The van der Waals surface area contributed by atoms with E-state index in [2.05, 4.69) is 20.4 Å². The van der Waals surface area contributed by atoms with Gasteiger partial charge in [0.05, 0.1) is 6.04 Å². The number of carbonyl (C=O) groups excluding carboxylic acids is 2. The van der Waals surface area contributed by atoms with E-state index >= 15 is 0 Å². The van der Waals surface area contributed by atoms with Crippen LogP contribution < -0.4 is 15.4 Å². The van der Waals surface area contributed by atoms with Crippen molar-refractivity contribution in [2.75, 3.05) is 13.1 Å². The van der Waals surface area contributed by atoms with Gasteiger partial charge in [0, 0.05) is 19.3 Å². The molecule has 2 N–H and O–H groups in total. The number of ether oxygens (including phenoxy) is 1. The van der Waals surface area contributed by atoms with E-state index in [1.807, 2.05) is 0 Å². The van der Waals surface area contributed by atoms with E-state index in [1.165, 1.54) is 6.92 Å². The Labute approximate surface area is 187 Å². The van der Waals surface area contributed by atoms with Crippen LogP contribution in [-0.2, 0) is 11.0 Å². The van der Waals surface area contributed by atoms with Gasteiger partial charge in [-0.2, -0.15) is 13.2 Å². The molecule has 184 valence electrons. The first kappa shape index (κ1) is 25.1. The molecular weight excluding hydrogens is 477 g/mol. The number of hydrogen-bond acceptors (Lipinski definition) is 4. The summed E-state index contributed by atoms with van der Waals surface area (Å²) in [5, 5.41) is 5.01. The lowest BCUT2D eigenvalue weighted by atomic mass is 9.99. The molecule has 7 nitrogen and oxygen atoms in total. The molecule has 0 bridgehead atoms. The van der Waals surface area contributed by atoms with Crippen molar-refractivity contribution in [3.05, 3.63) is 59.2 Å². The van der Waals surface area contributed by atoms with Gasteiger partial charge < -0.3 is 20.3 Å². The minimum atomic E-state index is -5.22. The first-order chi connectivity index (χ1) is 15.8. The van der Waals surface area contributed by atoms with Gasteiger partial charge >= 0.3 is 18.6 Å².